The second-order valence-corrected chi connectivity index (χ2v) is 6.91. The minimum Gasteiger partial charge on any atom is -0.378 e. The highest BCUT2D eigenvalue weighted by atomic mass is 15.1. The molecule has 0 saturated heterocycles. The molecule has 3 aromatic carbocycles. The molecule has 0 fully saturated rings. The van der Waals surface area contributed by atoms with Crippen LogP contribution in [0.15, 0.2) is 66.7 Å². The van der Waals surface area contributed by atoms with Crippen molar-refractivity contribution in [2.24, 2.45) is 0 Å². The number of aryl methyl sites for hydroxylation is 1. The predicted octanol–water partition coefficient (Wildman–Crippen LogP) is 5.46. The first kappa shape index (κ1) is 17.1. The minimum absolute atomic E-state index is 1.22. The summed E-state index contributed by atoms with van der Waals surface area (Å²) in [5, 5.41) is 0. The van der Waals surface area contributed by atoms with Gasteiger partial charge in [0.15, 0.2) is 0 Å². The van der Waals surface area contributed by atoms with E-state index >= 15 is 0 Å². The third kappa shape index (κ3) is 3.69. The van der Waals surface area contributed by atoms with Crippen LogP contribution in [0.4, 0.5) is 11.4 Å². The van der Waals surface area contributed by atoms with E-state index in [0.29, 0.717) is 0 Å². The van der Waals surface area contributed by atoms with Crippen molar-refractivity contribution in [1.82, 2.24) is 0 Å². The topological polar surface area (TPSA) is 6.48 Å². The average Bonchev–Trinajstić information content (AvgIpc) is 2.62. The lowest BCUT2D eigenvalue weighted by Gasteiger charge is -2.15. The molecule has 0 radical (unpaired) electrons. The molecule has 0 aliphatic carbocycles. The first-order chi connectivity index (χ1) is 12.0. The molecule has 0 atom stereocenters. The molecule has 0 aromatic heterocycles. The molecule has 0 amide bonds. The van der Waals surface area contributed by atoms with Gasteiger partial charge in [0.1, 0.15) is 0 Å². The van der Waals surface area contributed by atoms with Crippen LogP contribution in [0.25, 0.3) is 22.3 Å². The van der Waals surface area contributed by atoms with Gasteiger partial charge in [0.25, 0.3) is 0 Å². The standard InChI is InChI=1S/C23H26N2/c1-17-6-7-20(18-8-12-21(13-9-18)24(2)3)16-23(17)19-10-14-22(15-11-19)25(4)5/h6-16H,1-5H3. The lowest BCUT2D eigenvalue weighted by Crippen LogP contribution is -2.08. The molecule has 128 valence electrons. The van der Waals surface area contributed by atoms with Gasteiger partial charge in [0, 0.05) is 39.6 Å². The van der Waals surface area contributed by atoms with Crippen LogP contribution in [0, 0.1) is 6.92 Å². The largest absolute Gasteiger partial charge is 0.378 e. The summed E-state index contributed by atoms with van der Waals surface area (Å²) >= 11 is 0. The van der Waals surface area contributed by atoms with Crippen molar-refractivity contribution in [1.29, 1.82) is 0 Å². The van der Waals surface area contributed by atoms with Gasteiger partial charge in [-0.25, -0.2) is 0 Å². The number of anilines is 2. The van der Waals surface area contributed by atoms with Crippen molar-refractivity contribution >= 4 is 11.4 Å². The molecule has 2 nitrogen and oxygen atoms in total. The fourth-order valence-corrected chi connectivity index (χ4v) is 3.00. The van der Waals surface area contributed by atoms with Crippen LogP contribution in [0.2, 0.25) is 0 Å². The molecule has 0 aliphatic rings. The molecule has 3 aromatic rings. The van der Waals surface area contributed by atoms with E-state index in [0.717, 1.165) is 0 Å². The van der Waals surface area contributed by atoms with Gasteiger partial charge in [0.2, 0.25) is 0 Å². The van der Waals surface area contributed by atoms with Crippen LogP contribution in [0.1, 0.15) is 5.56 Å². The van der Waals surface area contributed by atoms with E-state index in [4.69, 9.17) is 0 Å². The first-order valence-corrected chi connectivity index (χ1v) is 8.62. The number of hydrogen-bond acceptors (Lipinski definition) is 2. The Morgan fingerprint density at radius 2 is 0.960 bits per heavy atom. The van der Waals surface area contributed by atoms with Crippen molar-refractivity contribution in [2.75, 3.05) is 38.0 Å². The van der Waals surface area contributed by atoms with E-state index in [1.54, 1.807) is 0 Å². The van der Waals surface area contributed by atoms with Crippen molar-refractivity contribution in [3.8, 4) is 22.3 Å². The van der Waals surface area contributed by atoms with Gasteiger partial charge >= 0.3 is 0 Å². The second-order valence-electron chi connectivity index (χ2n) is 6.91. The summed E-state index contributed by atoms with van der Waals surface area (Å²) in [5.74, 6) is 0. The SMILES string of the molecule is Cc1ccc(-c2ccc(N(C)C)cc2)cc1-c1ccc(N(C)C)cc1. The van der Waals surface area contributed by atoms with Gasteiger partial charge < -0.3 is 9.80 Å². The molecule has 0 N–H and O–H groups in total. The Morgan fingerprint density at radius 3 is 1.44 bits per heavy atom. The number of nitrogens with zero attached hydrogens (tertiary/aromatic N) is 2. The van der Waals surface area contributed by atoms with E-state index in [9.17, 15) is 0 Å². The highest BCUT2D eigenvalue weighted by Crippen LogP contribution is 2.31. The zero-order valence-corrected chi connectivity index (χ0v) is 15.7. The van der Waals surface area contributed by atoms with Gasteiger partial charge in [-0.2, -0.15) is 0 Å². The maximum absolute atomic E-state index is 2.30. The Kier molecular flexibility index (Phi) is 4.80. The van der Waals surface area contributed by atoms with Crippen LogP contribution in [-0.4, -0.2) is 28.2 Å². The van der Waals surface area contributed by atoms with Gasteiger partial charge in [-0.3, -0.25) is 0 Å². The molecule has 0 bridgehead atoms. The molecule has 0 spiro atoms. The summed E-state index contributed by atoms with van der Waals surface area (Å²) in [7, 11) is 8.27. The highest BCUT2D eigenvalue weighted by Gasteiger charge is 2.06. The third-order valence-electron chi connectivity index (χ3n) is 4.65. The van der Waals surface area contributed by atoms with E-state index in [2.05, 4.69) is 112 Å². The first-order valence-electron chi connectivity index (χ1n) is 8.62. The molecule has 0 saturated carbocycles. The highest BCUT2D eigenvalue weighted by molar-refractivity contribution is 5.77. The Bertz CT molecular complexity index is 844. The van der Waals surface area contributed by atoms with E-state index in [1.807, 2.05) is 0 Å². The summed E-state index contributed by atoms with van der Waals surface area (Å²) in [6.45, 7) is 2.17. The van der Waals surface area contributed by atoms with Crippen molar-refractivity contribution in [2.45, 2.75) is 6.92 Å². The predicted molar refractivity (Wildman–Crippen MR) is 111 cm³/mol. The van der Waals surface area contributed by atoms with E-state index < -0.39 is 0 Å². The Balaban J connectivity index is 1.97. The number of hydrogen-bond donors (Lipinski definition) is 0. The van der Waals surface area contributed by atoms with Crippen LogP contribution in [-0.2, 0) is 0 Å². The van der Waals surface area contributed by atoms with Crippen LogP contribution < -0.4 is 9.80 Å². The number of benzene rings is 3. The molecule has 3 rings (SSSR count). The zero-order chi connectivity index (χ0) is 18.0. The quantitative estimate of drug-likeness (QED) is 0.626. The molecule has 0 aliphatic heterocycles. The van der Waals surface area contributed by atoms with Crippen LogP contribution in [0.3, 0.4) is 0 Å². The minimum atomic E-state index is 1.22. The molecule has 25 heavy (non-hydrogen) atoms. The fourth-order valence-electron chi connectivity index (χ4n) is 3.00. The van der Waals surface area contributed by atoms with E-state index in [-0.39, 0.29) is 0 Å². The van der Waals surface area contributed by atoms with Gasteiger partial charge in [0.05, 0.1) is 0 Å². The molecule has 0 unspecified atom stereocenters. The van der Waals surface area contributed by atoms with E-state index in [1.165, 1.54) is 39.2 Å². The smallest absolute Gasteiger partial charge is 0.0361 e. The third-order valence-corrected chi connectivity index (χ3v) is 4.65. The second kappa shape index (κ2) is 7.02. The van der Waals surface area contributed by atoms with Gasteiger partial charge in [-0.15, -0.1) is 0 Å². The summed E-state index contributed by atoms with van der Waals surface area (Å²) in [4.78, 5) is 4.25. The number of rotatable bonds is 4. The summed E-state index contributed by atoms with van der Waals surface area (Å²) < 4.78 is 0. The summed E-state index contributed by atoms with van der Waals surface area (Å²) in [5.41, 5.74) is 8.78. The van der Waals surface area contributed by atoms with Crippen molar-refractivity contribution in [3.05, 3.63) is 72.3 Å². The van der Waals surface area contributed by atoms with Crippen LogP contribution in [0.5, 0.6) is 0 Å². The summed E-state index contributed by atoms with van der Waals surface area (Å²) in [6.07, 6.45) is 0. The normalized spacial score (nSPS) is 10.6. The lowest BCUT2D eigenvalue weighted by atomic mass is 9.95. The molecule has 2 heteroatoms. The zero-order valence-electron chi connectivity index (χ0n) is 15.7. The molecular weight excluding hydrogens is 304 g/mol. The monoisotopic (exact) mass is 330 g/mol. The van der Waals surface area contributed by atoms with Gasteiger partial charge in [-0.05, 0) is 65.1 Å². The summed E-state index contributed by atoms with van der Waals surface area (Å²) in [6, 6.07) is 24.2. The lowest BCUT2D eigenvalue weighted by molar-refractivity contribution is 1.13. The maximum Gasteiger partial charge on any atom is 0.0361 e. The molecular formula is C23H26N2. The fraction of sp³-hybridized carbons (Fsp3) is 0.217. The Morgan fingerprint density at radius 1 is 0.520 bits per heavy atom. The maximum atomic E-state index is 2.30. The van der Waals surface area contributed by atoms with Gasteiger partial charge in [-0.1, -0.05) is 36.4 Å². The van der Waals surface area contributed by atoms with Crippen molar-refractivity contribution in [3.63, 3.8) is 0 Å². The van der Waals surface area contributed by atoms with Crippen molar-refractivity contribution < 1.29 is 0 Å². The average molecular weight is 330 g/mol. The van der Waals surface area contributed by atoms with Crippen LogP contribution >= 0.6 is 0 Å². The Labute approximate surface area is 151 Å². The Hall–Kier alpha value is -2.74. The molecule has 0 heterocycles.